The quantitative estimate of drug-likeness (QED) is 0.665. The van der Waals surface area contributed by atoms with Gasteiger partial charge in [-0.25, -0.2) is 0 Å². The average molecular weight is 233 g/mol. The van der Waals surface area contributed by atoms with Crippen LogP contribution in [-0.2, 0) is 16.3 Å². The van der Waals surface area contributed by atoms with E-state index >= 15 is 0 Å². The van der Waals surface area contributed by atoms with Crippen LogP contribution in [0.25, 0.3) is 0 Å². The molecule has 0 heterocycles. The molecule has 1 saturated carbocycles. The molecule has 1 nitrogen and oxygen atoms in total. The molecular formula is C6H11Cl2OPS. The van der Waals surface area contributed by atoms with Crippen molar-refractivity contribution in [3.05, 3.63) is 0 Å². The molecule has 0 radical (unpaired) electrons. The van der Waals surface area contributed by atoms with E-state index in [1.165, 1.54) is 19.3 Å². The summed E-state index contributed by atoms with van der Waals surface area (Å²) >= 11 is 16.1. The van der Waals surface area contributed by atoms with Gasteiger partial charge in [-0.3, -0.25) is 0 Å². The number of hydrogen-bond donors (Lipinski definition) is 0. The molecule has 0 aromatic rings. The molecule has 0 aliphatic heterocycles. The highest BCUT2D eigenvalue weighted by Crippen LogP contribution is 2.59. The third-order valence-electron chi connectivity index (χ3n) is 1.82. The van der Waals surface area contributed by atoms with Gasteiger partial charge in [0.2, 0.25) is 4.97 Å². The van der Waals surface area contributed by atoms with Crippen LogP contribution in [0, 0.1) is 0 Å². The largest absolute Gasteiger partial charge is 0.324 e. The zero-order chi connectivity index (χ0) is 8.32. The first-order chi connectivity index (χ1) is 5.08. The van der Waals surface area contributed by atoms with Crippen molar-refractivity contribution in [2.45, 2.75) is 38.2 Å². The minimum absolute atomic E-state index is 0.226. The Balaban J connectivity index is 2.30. The van der Waals surface area contributed by atoms with E-state index in [1.807, 2.05) is 0 Å². The highest BCUT2D eigenvalue weighted by atomic mass is 35.9. The van der Waals surface area contributed by atoms with Crippen molar-refractivity contribution in [1.29, 1.82) is 0 Å². The lowest BCUT2D eigenvalue weighted by atomic mass is 9.98. The molecular weight excluding hydrogens is 222 g/mol. The molecule has 0 unspecified atom stereocenters. The van der Waals surface area contributed by atoms with Crippen molar-refractivity contribution in [2.24, 2.45) is 0 Å². The third kappa shape index (κ3) is 4.69. The fourth-order valence-corrected chi connectivity index (χ4v) is 2.94. The van der Waals surface area contributed by atoms with Gasteiger partial charge in [-0.2, -0.15) is 0 Å². The maximum atomic E-state index is 5.64. The van der Waals surface area contributed by atoms with Gasteiger partial charge in [0.1, 0.15) is 0 Å². The SMILES string of the molecule is S=P(Cl)(Cl)OC1CCCCC1. The van der Waals surface area contributed by atoms with Gasteiger partial charge in [0.05, 0.1) is 6.10 Å². The van der Waals surface area contributed by atoms with Crippen LogP contribution in [0.2, 0.25) is 0 Å². The molecule has 0 saturated heterocycles. The Morgan fingerprint density at radius 3 is 2.18 bits per heavy atom. The first-order valence-electron chi connectivity index (χ1n) is 3.76. The predicted octanol–water partition coefficient (Wildman–Crippen LogP) is 4.04. The highest BCUT2D eigenvalue weighted by molar-refractivity contribution is 8.36. The van der Waals surface area contributed by atoms with E-state index in [4.69, 9.17) is 38.8 Å². The summed E-state index contributed by atoms with van der Waals surface area (Å²) in [5.41, 5.74) is 0. The van der Waals surface area contributed by atoms with E-state index in [9.17, 15) is 0 Å². The minimum atomic E-state index is -2.46. The molecule has 0 spiro atoms. The molecule has 1 fully saturated rings. The zero-order valence-corrected chi connectivity index (χ0v) is 9.36. The lowest BCUT2D eigenvalue weighted by molar-refractivity contribution is 0.179. The highest BCUT2D eigenvalue weighted by Gasteiger charge is 2.20. The van der Waals surface area contributed by atoms with Gasteiger partial charge in [-0.1, -0.05) is 19.3 Å². The van der Waals surface area contributed by atoms with E-state index in [-0.39, 0.29) is 6.10 Å². The summed E-state index contributed by atoms with van der Waals surface area (Å²) in [5.74, 6) is 0. The van der Waals surface area contributed by atoms with Crippen LogP contribution in [0.15, 0.2) is 0 Å². The number of hydrogen-bond acceptors (Lipinski definition) is 2. The molecule has 0 aromatic heterocycles. The molecule has 0 aromatic carbocycles. The summed E-state index contributed by atoms with van der Waals surface area (Å²) < 4.78 is 5.34. The number of rotatable bonds is 2. The molecule has 0 N–H and O–H groups in total. The smallest absolute Gasteiger partial charge is 0.240 e. The fourth-order valence-electron chi connectivity index (χ4n) is 1.34. The van der Waals surface area contributed by atoms with Gasteiger partial charge < -0.3 is 4.52 Å². The molecule has 1 rings (SSSR count). The number of halogens is 2. The van der Waals surface area contributed by atoms with Crippen LogP contribution in [0.4, 0.5) is 0 Å². The zero-order valence-electron chi connectivity index (χ0n) is 6.13. The normalized spacial score (nSPS) is 22.0. The van der Waals surface area contributed by atoms with Gasteiger partial charge in [-0.15, -0.1) is 0 Å². The third-order valence-corrected chi connectivity index (χ3v) is 3.10. The van der Waals surface area contributed by atoms with E-state index in [0.717, 1.165) is 12.8 Å². The minimum Gasteiger partial charge on any atom is -0.324 e. The molecule has 1 aliphatic rings. The second-order valence-corrected chi connectivity index (χ2v) is 9.94. The van der Waals surface area contributed by atoms with Crippen molar-refractivity contribution in [3.8, 4) is 0 Å². The second-order valence-electron chi connectivity index (χ2n) is 2.78. The van der Waals surface area contributed by atoms with E-state index in [1.54, 1.807) is 0 Å². The summed E-state index contributed by atoms with van der Waals surface area (Å²) in [6.07, 6.45) is 6.09. The van der Waals surface area contributed by atoms with Gasteiger partial charge in [-0.05, 0) is 47.1 Å². The predicted molar refractivity (Wildman–Crippen MR) is 53.9 cm³/mol. The van der Waals surface area contributed by atoms with Crippen LogP contribution < -0.4 is 0 Å². The second kappa shape index (κ2) is 4.43. The molecule has 0 bridgehead atoms. The maximum absolute atomic E-state index is 5.64. The Morgan fingerprint density at radius 2 is 1.73 bits per heavy atom. The van der Waals surface area contributed by atoms with Crippen LogP contribution in [0.1, 0.15) is 32.1 Å². The van der Waals surface area contributed by atoms with Crippen LogP contribution in [0.3, 0.4) is 0 Å². The van der Waals surface area contributed by atoms with Crippen LogP contribution in [-0.4, -0.2) is 6.10 Å². The van der Waals surface area contributed by atoms with Crippen molar-refractivity contribution < 1.29 is 4.52 Å². The summed E-state index contributed by atoms with van der Waals surface area (Å²) in [7, 11) is 0. The lowest BCUT2D eigenvalue weighted by Gasteiger charge is -2.23. The Labute approximate surface area is 82.1 Å². The lowest BCUT2D eigenvalue weighted by Crippen LogP contribution is -2.13. The average Bonchev–Trinajstić information content (AvgIpc) is 1.85. The molecule has 66 valence electrons. The van der Waals surface area contributed by atoms with Gasteiger partial charge >= 0.3 is 0 Å². The molecule has 5 heteroatoms. The van der Waals surface area contributed by atoms with Crippen molar-refractivity contribution in [2.75, 3.05) is 0 Å². The first kappa shape index (κ1) is 10.3. The van der Waals surface area contributed by atoms with Crippen molar-refractivity contribution in [1.82, 2.24) is 0 Å². The topological polar surface area (TPSA) is 9.23 Å². The van der Waals surface area contributed by atoms with Gasteiger partial charge in [0, 0.05) is 0 Å². The fraction of sp³-hybridized carbons (Fsp3) is 1.00. The van der Waals surface area contributed by atoms with Crippen LogP contribution in [0.5, 0.6) is 0 Å². The van der Waals surface area contributed by atoms with E-state index < -0.39 is 4.97 Å². The van der Waals surface area contributed by atoms with Gasteiger partial charge in [0.25, 0.3) is 0 Å². The summed E-state index contributed by atoms with van der Waals surface area (Å²) in [6.45, 7) is 0. The Bertz CT molecular complexity index is 164. The summed E-state index contributed by atoms with van der Waals surface area (Å²) in [5, 5.41) is 0. The van der Waals surface area contributed by atoms with Gasteiger partial charge in [0.15, 0.2) is 0 Å². The standard InChI is InChI=1S/C6H11Cl2OPS/c7-10(8,11)9-6-4-2-1-3-5-6/h6H,1-5H2. The van der Waals surface area contributed by atoms with Crippen molar-refractivity contribution in [3.63, 3.8) is 0 Å². The molecule has 0 atom stereocenters. The summed E-state index contributed by atoms with van der Waals surface area (Å²) in [4.78, 5) is -2.46. The molecule has 1 aliphatic carbocycles. The Hall–Kier alpha value is 1.19. The monoisotopic (exact) mass is 232 g/mol. The van der Waals surface area contributed by atoms with Crippen LogP contribution >= 0.6 is 27.5 Å². The summed E-state index contributed by atoms with van der Waals surface area (Å²) in [6, 6.07) is 0. The van der Waals surface area contributed by atoms with E-state index in [0.29, 0.717) is 0 Å². The Kier molecular flexibility index (Phi) is 4.14. The Morgan fingerprint density at radius 1 is 1.18 bits per heavy atom. The molecule has 11 heavy (non-hydrogen) atoms. The molecule has 0 amide bonds. The first-order valence-corrected chi connectivity index (χ1v) is 8.29. The van der Waals surface area contributed by atoms with E-state index in [2.05, 4.69) is 0 Å². The van der Waals surface area contributed by atoms with Crippen molar-refractivity contribution >= 4 is 39.3 Å². The maximum Gasteiger partial charge on any atom is 0.240 e.